The number of anilines is 1. The Bertz CT molecular complexity index is 833. The molecule has 0 spiro atoms. The fourth-order valence-corrected chi connectivity index (χ4v) is 3.29. The Kier molecular flexibility index (Phi) is 4.77. The first-order chi connectivity index (χ1) is 12.3. The van der Waals surface area contributed by atoms with E-state index >= 15 is 0 Å². The normalized spacial score (nSPS) is 23.3. The fraction of sp³-hybridized carbons (Fsp3) is 0.562. The highest BCUT2D eigenvalue weighted by molar-refractivity contribution is 5.81. The van der Waals surface area contributed by atoms with Crippen LogP contribution in [0.15, 0.2) is 12.7 Å². The van der Waals surface area contributed by atoms with Crippen molar-refractivity contribution in [2.45, 2.75) is 44.2 Å². The smallest absolute Gasteiger partial charge is 0.303 e. The predicted molar refractivity (Wildman–Crippen MR) is 92.1 cm³/mol. The number of piperidine rings is 1. The van der Waals surface area contributed by atoms with Crippen molar-refractivity contribution in [2.75, 3.05) is 18.8 Å². The largest absolute Gasteiger partial charge is 0.481 e. The van der Waals surface area contributed by atoms with E-state index in [1.165, 1.54) is 6.33 Å². The molecule has 4 N–H and O–H groups in total. The van der Waals surface area contributed by atoms with Crippen molar-refractivity contribution in [1.82, 2.24) is 24.4 Å². The number of carboxylic acid groups (broad SMARTS) is 1. The molecule has 2 aromatic heterocycles. The SMILES string of the molecule is C[C@@]1(O)CCN(C(=O)CCCC(=O)O)C[C@H]1n1cnc2c(N)ncnc21. The van der Waals surface area contributed by atoms with Gasteiger partial charge in [0.2, 0.25) is 5.91 Å². The van der Waals surface area contributed by atoms with Crippen LogP contribution in [0, 0.1) is 0 Å². The number of aromatic nitrogens is 4. The van der Waals surface area contributed by atoms with Gasteiger partial charge in [0, 0.05) is 25.9 Å². The summed E-state index contributed by atoms with van der Waals surface area (Å²) in [6, 6.07) is -0.445. The summed E-state index contributed by atoms with van der Waals surface area (Å²) in [4.78, 5) is 37.0. The van der Waals surface area contributed by atoms with Crippen LogP contribution in [0.4, 0.5) is 5.82 Å². The number of rotatable bonds is 5. The highest BCUT2D eigenvalue weighted by Crippen LogP contribution is 2.34. The number of aliphatic carboxylic acids is 1. The van der Waals surface area contributed by atoms with Crippen molar-refractivity contribution < 1.29 is 19.8 Å². The lowest BCUT2D eigenvalue weighted by molar-refractivity contribution is -0.139. The molecule has 1 aliphatic rings. The van der Waals surface area contributed by atoms with E-state index in [-0.39, 0.29) is 31.1 Å². The third-order valence-electron chi connectivity index (χ3n) is 4.86. The minimum atomic E-state index is -1.05. The fourth-order valence-electron chi connectivity index (χ4n) is 3.29. The average Bonchev–Trinajstić information content (AvgIpc) is 2.99. The summed E-state index contributed by atoms with van der Waals surface area (Å²) in [6.07, 6.45) is 3.70. The van der Waals surface area contributed by atoms with Gasteiger partial charge in [0.05, 0.1) is 18.0 Å². The second-order valence-electron chi connectivity index (χ2n) is 6.79. The van der Waals surface area contributed by atoms with Gasteiger partial charge in [0.15, 0.2) is 11.5 Å². The molecule has 26 heavy (non-hydrogen) atoms. The predicted octanol–water partition coefficient (Wildman–Crippen LogP) is 0.188. The van der Waals surface area contributed by atoms with E-state index in [1.807, 2.05) is 0 Å². The van der Waals surface area contributed by atoms with Gasteiger partial charge in [-0.1, -0.05) is 0 Å². The highest BCUT2D eigenvalue weighted by atomic mass is 16.4. The van der Waals surface area contributed by atoms with Crippen LogP contribution >= 0.6 is 0 Å². The Morgan fingerprint density at radius 3 is 2.85 bits per heavy atom. The van der Waals surface area contributed by atoms with Crippen LogP contribution < -0.4 is 5.73 Å². The van der Waals surface area contributed by atoms with Crippen molar-refractivity contribution in [3.05, 3.63) is 12.7 Å². The Morgan fingerprint density at radius 2 is 2.12 bits per heavy atom. The molecule has 0 saturated carbocycles. The number of nitrogens with zero attached hydrogens (tertiary/aromatic N) is 5. The number of fused-ring (bicyclic) bond motifs is 1. The summed E-state index contributed by atoms with van der Waals surface area (Å²) in [6.45, 7) is 2.42. The van der Waals surface area contributed by atoms with Crippen molar-refractivity contribution >= 4 is 28.9 Å². The highest BCUT2D eigenvalue weighted by Gasteiger charge is 2.41. The Morgan fingerprint density at radius 1 is 1.35 bits per heavy atom. The van der Waals surface area contributed by atoms with Crippen LogP contribution in [0.1, 0.15) is 38.6 Å². The molecule has 1 saturated heterocycles. The number of imidazole rings is 1. The standard InChI is InChI=1S/C16H22N6O4/c1-16(26)5-6-21(11(23)3-2-4-12(24)25)7-10(16)22-9-20-13-14(17)18-8-19-15(13)22/h8-10,26H,2-7H2,1H3,(H,24,25)(H2,17,18,19)/t10-,16-/m1/s1. The van der Waals surface area contributed by atoms with Crippen LogP contribution in [-0.2, 0) is 9.59 Å². The van der Waals surface area contributed by atoms with E-state index in [0.717, 1.165) is 0 Å². The van der Waals surface area contributed by atoms with Crippen LogP contribution in [0.25, 0.3) is 11.2 Å². The van der Waals surface area contributed by atoms with E-state index in [2.05, 4.69) is 15.0 Å². The Hall–Kier alpha value is -2.75. The second-order valence-corrected chi connectivity index (χ2v) is 6.79. The van der Waals surface area contributed by atoms with E-state index in [4.69, 9.17) is 10.8 Å². The lowest BCUT2D eigenvalue weighted by Gasteiger charge is -2.43. The van der Waals surface area contributed by atoms with Crippen molar-refractivity contribution in [2.24, 2.45) is 0 Å². The Balaban J connectivity index is 1.81. The van der Waals surface area contributed by atoms with Crippen LogP contribution in [0.3, 0.4) is 0 Å². The third kappa shape index (κ3) is 3.45. The van der Waals surface area contributed by atoms with Gasteiger partial charge in [-0.3, -0.25) is 9.59 Å². The summed E-state index contributed by atoms with van der Waals surface area (Å²) >= 11 is 0. The van der Waals surface area contributed by atoms with Crippen LogP contribution in [0.2, 0.25) is 0 Å². The summed E-state index contributed by atoms with van der Waals surface area (Å²) in [5.41, 5.74) is 5.72. The van der Waals surface area contributed by atoms with Gasteiger partial charge in [-0.25, -0.2) is 15.0 Å². The molecule has 1 fully saturated rings. The summed E-state index contributed by atoms with van der Waals surface area (Å²) in [5, 5.41) is 19.5. The summed E-state index contributed by atoms with van der Waals surface area (Å²) in [7, 11) is 0. The number of amides is 1. The minimum Gasteiger partial charge on any atom is -0.481 e. The number of nitrogens with two attached hydrogens (primary N) is 1. The number of carboxylic acids is 1. The molecule has 2 atom stereocenters. The molecule has 1 aliphatic heterocycles. The lowest BCUT2D eigenvalue weighted by Crippen LogP contribution is -2.52. The van der Waals surface area contributed by atoms with Gasteiger partial charge in [0.1, 0.15) is 11.8 Å². The molecule has 0 radical (unpaired) electrons. The van der Waals surface area contributed by atoms with E-state index in [1.54, 1.807) is 22.7 Å². The molecule has 3 rings (SSSR count). The molecular formula is C16H22N6O4. The number of nitrogen functional groups attached to an aromatic ring is 1. The first-order valence-corrected chi connectivity index (χ1v) is 8.44. The summed E-state index contributed by atoms with van der Waals surface area (Å²) < 4.78 is 1.73. The first-order valence-electron chi connectivity index (χ1n) is 8.44. The number of hydrogen-bond donors (Lipinski definition) is 3. The molecule has 10 nitrogen and oxygen atoms in total. The number of hydrogen-bond acceptors (Lipinski definition) is 7. The maximum absolute atomic E-state index is 12.4. The Labute approximate surface area is 149 Å². The van der Waals surface area contributed by atoms with Crippen molar-refractivity contribution in [1.29, 1.82) is 0 Å². The quantitative estimate of drug-likeness (QED) is 0.682. The molecule has 0 aromatic carbocycles. The van der Waals surface area contributed by atoms with E-state index < -0.39 is 17.6 Å². The van der Waals surface area contributed by atoms with Gasteiger partial charge < -0.3 is 25.4 Å². The number of carbonyl (C=O) groups is 2. The number of likely N-dealkylation sites (tertiary alicyclic amines) is 1. The van der Waals surface area contributed by atoms with Gasteiger partial charge in [-0.05, 0) is 19.8 Å². The van der Waals surface area contributed by atoms with Gasteiger partial charge >= 0.3 is 5.97 Å². The molecule has 10 heteroatoms. The molecule has 140 valence electrons. The van der Waals surface area contributed by atoms with E-state index in [9.17, 15) is 14.7 Å². The average molecular weight is 362 g/mol. The van der Waals surface area contributed by atoms with Crippen LogP contribution in [-0.4, -0.2) is 65.2 Å². The van der Waals surface area contributed by atoms with Gasteiger partial charge in [0.25, 0.3) is 0 Å². The van der Waals surface area contributed by atoms with Gasteiger partial charge in [-0.15, -0.1) is 0 Å². The van der Waals surface area contributed by atoms with E-state index in [0.29, 0.717) is 30.6 Å². The molecular weight excluding hydrogens is 340 g/mol. The zero-order valence-corrected chi connectivity index (χ0v) is 14.5. The number of carbonyl (C=O) groups excluding carboxylic acids is 1. The molecule has 1 amide bonds. The molecule has 0 aliphatic carbocycles. The zero-order chi connectivity index (χ0) is 18.9. The lowest BCUT2D eigenvalue weighted by atomic mass is 9.88. The third-order valence-corrected chi connectivity index (χ3v) is 4.86. The molecule has 2 aromatic rings. The summed E-state index contributed by atoms with van der Waals surface area (Å²) in [5.74, 6) is -0.782. The second kappa shape index (κ2) is 6.87. The molecule has 3 heterocycles. The van der Waals surface area contributed by atoms with Crippen molar-refractivity contribution in [3.63, 3.8) is 0 Å². The van der Waals surface area contributed by atoms with Crippen LogP contribution in [0.5, 0.6) is 0 Å². The molecule has 0 unspecified atom stereocenters. The van der Waals surface area contributed by atoms with Crippen molar-refractivity contribution in [3.8, 4) is 0 Å². The van der Waals surface area contributed by atoms with Gasteiger partial charge in [-0.2, -0.15) is 0 Å². The maximum Gasteiger partial charge on any atom is 0.303 e. The zero-order valence-electron chi connectivity index (χ0n) is 14.5. The monoisotopic (exact) mass is 362 g/mol. The topological polar surface area (TPSA) is 147 Å². The first kappa shape index (κ1) is 18.1. The molecule has 0 bridgehead atoms. The maximum atomic E-state index is 12.4. The minimum absolute atomic E-state index is 0.0386. The number of aliphatic hydroxyl groups is 1.